The first-order valence-corrected chi connectivity index (χ1v) is 8.51. The largest absolute Gasteiger partial charge is 0.392 e. The molecular weight excluding hydrogens is 307 g/mol. The van der Waals surface area contributed by atoms with Crippen LogP contribution in [0.15, 0.2) is 54.6 Å². The van der Waals surface area contributed by atoms with Crippen molar-refractivity contribution in [3.63, 3.8) is 0 Å². The van der Waals surface area contributed by atoms with Crippen molar-refractivity contribution in [1.82, 2.24) is 0 Å². The van der Waals surface area contributed by atoms with Gasteiger partial charge in [0.05, 0.1) is 6.61 Å². The zero-order chi connectivity index (χ0) is 16.4. The maximum absolute atomic E-state index is 13.3. The van der Waals surface area contributed by atoms with Crippen LogP contribution in [0.2, 0.25) is 0 Å². The predicted octanol–water partition coefficient (Wildman–Crippen LogP) is 5.84. The van der Waals surface area contributed by atoms with Crippen LogP contribution in [0.5, 0.6) is 0 Å². The van der Waals surface area contributed by atoms with Crippen molar-refractivity contribution in [2.75, 3.05) is 0 Å². The molecule has 0 aliphatic carbocycles. The Hall–Kier alpha value is -1.97. The van der Waals surface area contributed by atoms with E-state index < -0.39 is 0 Å². The Kier molecular flexibility index (Phi) is 4.60. The number of aliphatic hydroxyl groups excluding tert-OH is 1. The van der Waals surface area contributed by atoms with Crippen LogP contribution < -0.4 is 0 Å². The van der Waals surface area contributed by atoms with Crippen LogP contribution in [-0.2, 0) is 6.61 Å². The summed E-state index contributed by atoms with van der Waals surface area (Å²) in [6.07, 6.45) is 0. The lowest BCUT2D eigenvalue weighted by Gasteiger charge is -2.09. The van der Waals surface area contributed by atoms with E-state index in [2.05, 4.69) is 26.0 Å². The highest BCUT2D eigenvalue weighted by atomic mass is 32.1. The summed E-state index contributed by atoms with van der Waals surface area (Å²) in [6, 6.07) is 16.7. The fourth-order valence-corrected chi connectivity index (χ4v) is 4.16. The number of aliphatic hydroxyl groups is 1. The molecule has 1 nitrogen and oxygen atoms in total. The first-order chi connectivity index (χ1) is 11.1. The highest BCUT2D eigenvalue weighted by Gasteiger charge is 2.21. The second kappa shape index (κ2) is 6.65. The maximum Gasteiger partial charge on any atom is 0.123 e. The van der Waals surface area contributed by atoms with Crippen LogP contribution in [0, 0.1) is 5.82 Å². The average Bonchev–Trinajstić information content (AvgIpc) is 2.96. The van der Waals surface area contributed by atoms with Crippen molar-refractivity contribution >= 4 is 11.3 Å². The minimum Gasteiger partial charge on any atom is -0.392 e. The monoisotopic (exact) mass is 326 g/mol. The number of benzene rings is 2. The number of rotatable bonds is 4. The van der Waals surface area contributed by atoms with Gasteiger partial charge >= 0.3 is 0 Å². The molecule has 0 bridgehead atoms. The molecule has 0 radical (unpaired) electrons. The fourth-order valence-electron chi connectivity index (χ4n) is 2.82. The molecule has 0 saturated heterocycles. The molecule has 118 valence electrons. The van der Waals surface area contributed by atoms with Crippen molar-refractivity contribution in [3.8, 4) is 21.6 Å². The number of hydrogen-bond donors (Lipinski definition) is 1. The molecule has 0 fully saturated rings. The zero-order valence-electron chi connectivity index (χ0n) is 13.2. The summed E-state index contributed by atoms with van der Waals surface area (Å²) in [6.45, 7) is 4.26. The van der Waals surface area contributed by atoms with Crippen molar-refractivity contribution < 1.29 is 9.50 Å². The summed E-state index contributed by atoms with van der Waals surface area (Å²) >= 11 is 1.72. The van der Waals surface area contributed by atoms with Crippen molar-refractivity contribution in [2.24, 2.45) is 0 Å². The van der Waals surface area contributed by atoms with E-state index in [1.807, 2.05) is 18.2 Å². The van der Waals surface area contributed by atoms with Gasteiger partial charge in [0.1, 0.15) is 5.82 Å². The third-order valence-corrected chi connectivity index (χ3v) is 5.47. The molecule has 3 aromatic rings. The van der Waals surface area contributed by atoms with Gasteiger partial charge in [0.15, 0.2) is 0 Å². The van der Waals surface area contributed by atoms with E-state index in [-0.39, 0.29) is 12.4 Å². The highest BCUT2D eigenvalue weighted by molar-refractivity contribution is 7.16. The van der Waals surface area contributed by atoms with E-state index in [9.17, 15) is 9.50 Å². The standard InChI is InChI=1S/C20H19FOS/c1-13(2)19-17(12-22)18(14-8-10-16(21)11-9-14)20(23-19)15-6-4-3-5-7-15/h3-11,13,22H,12H2,1-2H3. The third-order valence-electron chi connectivity index (χ3n) is 3.89. The van der Waals surface area contributed by atoms with E-state index in [4.69, 9.17) is 0 Å². The summed E-state index contributed by atoms with van der Waals surface area (Å²) in [4.78, 5) is 2.32. The van der Waals surface area contributed by atoms with Gasteiger partial charge in [0.2, 0.25) is 0 Å². The Bertz CT molecular complexity index is 789. The van der Waals surface area contributed by atoms with E-state index in [1.54, 1.807) is 23.5 Å². The second-order valence-electron chi connectivity index (χ2n) is 5.83. The Morgan fingerprint density at radius 2 is 1.61 bits per heavy atom. The first-order valence-electron chi connectivity index (χ1n) is 7.69. The lowest BCUT2D eigenvalue weighted by atomic mass is 9.95. The van der Waals surface area contributed by atoms with Gasteiger partial charge in [0.25, 0.3) is 0 Å². The van der Waals surface area contributed by atoms with Gasteiger partial charge in [-0.1, -0.05) is 56.3 Å². The van der Waals surface area contributed by atoms with E-state index in [0.29, 0.717) is 5.92 Å². The Morgan fingerprint density at radius 1 is 0.957 bits per heavy atom. The van der Waals surface area contributed by atoms with Crippen LogP contribution in [0.1, 0.15) is 30.2 Å². The smallest absolute Gasteiger partial charge is 0.123 e. The molecule has 23 heavy (non-hydrogen) atoms. The summed E-state index contributed by atoms with van der Waals surface area (Å²) in [5.74, 6) is 0.0821. The Balaban J connectivity index is 2.28. The quantitative estimate of drug-likeness (QED) is 0.639. The van der Waals surface area contributed by atoms with Crippen LogP contribution in [0.4, 0.5) is 4.39 Å². The third kappa shape index (κ3) is 3.07. The van der Waals surface area contributed by atoms with Crippen molar-refractivity contribution in [1.29, 1.82) is 0 Å². The molecule has 3 rings (SSSR count). The van der Waals surface area contributed by atoms with Gasteiger partial charge < -0.3 is 5.11 Å². The molecule has 2 aromatic carbocycles. The molecule has 1 aromatic heterocycles. The van der Waals surface area contributed by atoms with Gasteiger partial charge in [-0.25, -0.2) is 4.39 Å². The van der Waals surface area contributed by atoms with E-state index in [0.717, 1.165) is 27.1 Å². The SMILES string of the molecule is CC(C)c1sc(-c2ccccc2)c(-c2ccc(F)cc2)c1CO. The van der Waals surface area contributed by atoms with E-state index in [1.165, 1.54) is 17.0 Å². The number of thiophene rings is 1. The Labute approximate surface area is 140 Å². The van der Waals surface area contributed by atoms with Crippen LogP contribution >= 0.6 is 11.3 Å². The molecular formula is C20H19FOS. The maximum atomic E-state index is 13.3. The molecule has 0 atom stereocenters. The van der Waals surface area contributed by atoms with Crippen LogP contribution in [-0.4, -0.2) is 5.11 Å². The minimum atomic E-state index is -0.250. The molecule has 1 N–H and O–H groups in total. The van der Waals surface area contributed by atoms with Gasteiger partial charge in [-0.2, -0.15) is 0 Å². The molecule has 0 unspecified atom stereocenters. The average molecular weight is 326 g/mol. The molecule has 0 aliphatic rings. The lowest BCUT2D eigenvalue weighted by Crippen LogP contribution is -1.93. The number of hydrogen-bond acceptors (Lipinski definition) is 2. The predicted molar refractivity (Wildman–Crippen MR) is 95.2 cm³/mol. The molecule has 3 heteroatoms. The molecule has 0 spiro atoms. The first kappa shape index (κ1) is 15.9. The van der Waals surface area contributed by atoms with Gasteiger partial charge in [-0.05, 0) is 29.2 Å². The van der Waals surface area contributed by atoms with Gasteiger partial charge in [0, 0.05) is 20.9 Å². The lowest BCUT2D eigenvalue weighted by molar-refractivity contribution is 0.281. The van der Waals surface area contributed by atoms with Gasteiger partial charge in [-0.3, -0.25) is 0 Å². The molecule has 0 aliphatic heterocycles. The minimum absolute atomic E-state index is 0.0104. The second-order valence-corrected chi connectivity index (χ2v) is 6.89. The summed E-state index contributed by atoms with van der Waals surface area (Å²) in [5, 5.41) is 9.96. The Morgan fingerprint density at radius 3 is 2.17 bits per heavy atom. The summed E-state index contributed by atoms with van der Waals surface area (Å²) in [7, 11) is 0. The highest BCUT2D eigenvalue weighted by Crippen LogP contribution is 2.45. The van der Waals surface area contributed by atoms with Crippen molar-refractivity contribution in [3.05, 3.63) is 70.9 Å². The van der Waals surface area contributed by atoms with Crippen LogP contribution in [0.3, 0.4) is 0 Å². The van der Waals surface area contributed by atoms with Crippen molar-refractivity contribution in [2.45, 2.75) is 26.4 Å². The molecule has 1 heterocycles. The topological polar surface area (TPSA) is 20.2 Å². The van der Waals surface area contributed by atoms with Crippen LogP contribution in [0.25, 0.3) is 21.6 Å². The summed E-state index contributed by atoms with van der Waals surface area (Å²) in [5.41, 5.74) is 4.04. The molecule has 0 amide bonds. The normalized spacial score (nSPS) is 11.2. The fraction of sp³-hybridized carbons (Fsp3) is 0.200. The number of halogens is 1. The summed E-state index contributed by atoms with van der Waals surface area (Å²) < 4.78 is 13.3. The molecule has 0 saturated carbocycles. The van der Waals surface area contributed by atoms with E-state index >= 15 is 0 Å². The van der Waals surface area contributed by atoms with Gasteiger partial charge in [-0.15, -0.1) is 11.3 Å². The zero-order valence-corrected chi connectivity index (χ0v) is 14.0.